The highest BCUT2D eigenvalue weighted by Crippen LogP contribution is 2.35. The summed E-state index contributed by atoms with van der Waals surface area (Å²) in [6.45, 7) is 2.83. The van der Waals surface area contributed by atoms with E-state index in [4.69, 9.17) is 0 Å². The molecular weight excluding hydrogens is 394 g/mol. The number of aromatic amines is 1. The summed E-state index contributed by atoms with van der Waals surface area (Å²) >= 11 is 1.50. The van der Waals surface area contributed by atoms with E-state index in [2.05, 4.69) is 62.3 Å². The summed E-state index contributed by atoms with van der Waals surface area (Å²) in [5, 5.41) is 13.8. The van der Waals surface area contributed by atoms with Crippen LogP contribution in [0.4, 0.5) is 0 Å². The molecule has 6 nitrogen and oxygen atoms in total. The first-order valence-electron chi connectivity index (χ1n) is 10.2. The minimum atomic E-state index is -0.156. The van der Waals surface area contributed by atoms with Gasteiger partial charge in [-0.15, -0.1) is 10.2 Å². The van der Waals surface area contributed by atoms with Crippen LogP contribution >= 0.6 is 11.8 Å². The molecule has 2 aromatic carbocycles. The fourth-order valence-electron chi connectivity index (χ4n) is 3.93. The van der Waals surface area contributed by atoms with Gasteiger partial charge in [0.05, 0.1) is 5.25 Å². The molecule has 7 heteroatoms. The number of benzene rings is 2. The lowest BCUT2D eigenvalue weighted by molar-refractivity contribution is -0.120. The minimum absolute atomic E-state index is 0.0879. The highest BCUT2D eigenvalue weighted by atomic mass is 32.2. The van der Waals surface area contributed by atoms with E-state index in [0.29, 0.717) is 0 Å². The van der Waals surface area contributed by atoms with E-state index >= 15 is 0 Å². The number of H-pyrrole nitrogens is 1. The number of carbonyl (C=O) groups excluding carboxylic acids is 1. The number of aromatic nitrogens is 4. The zero-order chi connectivity index (χ0) is 20.5. The average molecular weight is 418 g/mol. The van der Waals surface area contributed by atoms with Crippen molar-refractivity contribution >= 4 is 28.6 Å². The lowest BCUT2D eigenvalue weighted by Crippen LogP contribution is -2.30. The van der Waals surface area contributed by atoms with E-state index in [9.17, 15) is 4.79 Å². The SMILES string of the molecule is Cc1cccc(-n2c(S[C@H]3CCCCNC3=O)nnc2-c2c[nH]c3ccccc23)c1. The Morgan fingerprint density at radius 3 is 2.90 bits per heavy atom. The van der Waals surface area contributed by atoms with Crippen LogP contribution in [0.3, 0.4) is 0 Å². The maximum absolute atomic E-state index is 12.5. The molecule has 1 amide bonds. The predicted octanol–water partition coefficient (Wildman–Crippen LogP) is 4.48. The van der Waals surface area contributed by atoms with Crippen LogP contribution in [0.5, 0.6) is 0 Å². The maximum atomic E-state index is 12.5. The van der Waals surface area contributed by atoms with E-state index in [0.717, 1.165) is 64.5 Å². The Balaban J connectivity index is 1.64. The molecule has 0 radical (unpaired) electrons. The number of para-hydroxylation sites is 1. The average Bonchev–Trinajstić information content (AvgIpc) is 3.30. The molecule has 1 aliphatic heterocycles. The predicted molar refractivity (Wildman–Crippen MR) is 120 cm³/mol. The Morgan fingerprint density at radius 1 is 1.10 bits per heavy atom. The first-order chi connectivity index (χ1) is 14.7. The molecule has 3 heterocycles. The van der Waals surface area contributed by atoms with E-state index in [1.165, 1.54) is 11.8 Å². The molecular formula is C23H23N5OS. The summed E-state index contributed by atoms with van der Waals surface area (Å²) in [5.41, 5.74) is 4.21. The topological polar surface area (TPSA) is 75.6 Å². The van der Waals surface area contributed by atoms with Crippen molar-refractivity contribution in [3.05, 3.63) is 60.3 Å². The third-order valence-corrected chi connectivity index (χ3v) is 6.67. The van der Waals surface area contributed by atoms with Gasteiger partial charge in [-0.2, -0.15) is 0 Å². The number of hydrogen-bond donors (Lipinski definition) is 2. The molecule has 1 aliphatic rings. The Bertz CT molecular complexity index is 1210. The van der Waals surface area contributed by atoms with Gasteiger partial charge in [-0.3, -0.25) is 9.36 Å². The Labute approximate surface area is 179 Å². The van der Waals surface area contributed by atoms with E-state index < -0.39 is 0 Å². The number of rotatable bonds is 4. The van der Waals surface area contributed by atoms with Crippen LogP contribution in [0.1, 0.15) is 24.8 Å². The van der Waals surface area contributed by atoms with Crippen LogP contribution in [0, 0.1) is 6.92 Å². The minimum Gasteiger partial charge on any atom is -0.360 e. The summed E-state index contributed by atoms with van der Waals surface area (Å²) in [6.07, 6.45) is 4.88. The number of nitrogens with zero attached hydrogens (tertiary/aromatic N) is 3. The summed E-state index contributed by atoms with van der Waals surface area (Å²) in [7, 11) is 0. The van der Waals surface area contributed by atoms with E-state index in [1.807, 2.05) is 24.4 Å². The van der Waals surface area contributed by atoms with Crippen LogP contribution in [0.15, 0.2) is 59.9 Å². The van der Waals surface area contributed by atoms with Gasteiger partial charge in [-0.1, -0.05) is 48.5 Å². The van der Waals surface area contributed by atoms with Gasteiger partial charge >= 0.3 is 0 Å². The second kappa shape index (κ2) is 7.99. The first-order valence-corrected chi connectivity index (χ1v) is 11.1. The molecule has 152 valence electrons. The Hall–Kier alpha value is -3.06. The number of aryl methyl sites for hydroxylation is 1. The molecule has 0 saturated carbocycles. The lowest BCUT2D eigenvalue weighted by Gasteiger charge is -2.15. The van der Waals surface area contributed by atoms with Crippen molar-refractivity contribution < 1.29 is 4.79 Å². The molecule has 0 aliphatic carbocycles. The quantitative estimate of drug-likeness (QED) is 0.513. The highest BCUT2D eigenvalue weighted by Gasteiger charge is 2.26. The third-order valence-electron chi connectivity index (χ3n) is 5.46. The molecule has 2 N–H and O–H groups in total. The van der Waals surface area contributed by atoms with Crippen LogP contribution in [0.25, 0.3) is 28.0 Å². The normalized spacial score (nSPS) is 17.1. The molecule has 5 rings (SSSR count). The largest absolute Gasteiger partial charge is 0.360 e. The van der Waals surface area contributed by atoms with Crippen LogP contribution in [-0.2, 0) is 4.79 Å². The fourth-order valence-corrected chi connectivity index (χ4v) is 5.04. The molecule has 0 bridgehead atoms. The van der Waals surface area contributed by atoms with Gasteiger partial charge in [0.2, 0.25) is 5.91 Å². The number of hydrogen-bond acceptors (Lipinski definition) is 4. The molecule has 1 atom stereocenters. The molecule has 1 fully saturated rings. The van der Waals surface area contributed by atoms with Crippen molar-refractivity contribution in [2.75, 3.05) is 6.54 Å². The number of nitrogens with one attached hydrogen (secondary N) is 2. The number of amides is 1. The Morgan fingerprint density at radius 2 is 2.00 bits per heavy atom. The van der Waals surface area contributed by atoms with Crippen molar-refractivity contribution in [3.8, 4) is 17.1 Å². The van der Waals surface area contributed by atoms with Crippen molar-refractivity contribution in [3.63, 3.8) is 0 Å². The molecule has 0 spiro atoms. The van der Waals surface area contributed by atoms with Gasteiger partial charge in [0.25, 0.3) is 0 Å². The maximum Gasteiger partial charge on any atom is 0.233 e. The second-order valence-electron chi connectivity index (χ2n) is 7.62. The van der Waals surface area contributed by atoms with E-state index in [-0.39, 0.29) is 11.2 Å². The Kier molecular flexibility index (Phi) is 5.04. The molecule has 4 aromatic rings. The smallest absolute Gasteiger partial charge is 0.233 e. The van der Waals surface area contributed by atoms with Gasteiger partial charge in [0.1, 0.15) is 0 Å². The highest BCUT2D eigenvalue weighted by molar-refractivity contribution is 8.00. The molecule has 0 unspecified atom stereocenters. The summed E-state index contributed by atoms with van der Waals surface area (Å²) < 4.78 is 2.07. The number of fused-ring (bicyclic) bond motifs is 1. The monoisotopic (exact) mass is 417 g/mol. The van der Waals surface area contributed by atoms with Crippen molar-refractivity contribution in [1.29, 1.82) is 0 Å². The fraction of sp³-hybridized carbons (Fsp3) is 0.261. The lowest BCUT2D eigenvalue weighted by atomic mass is 10.1. The van der Waals surface area contributed by atoms with Gasteiger partial charge in [-0.25, -0.2) is 0 Å². The molecule has 1 saturated heterocycles. The second-order valence-corrected chi connectivity index (χ2v) is 8.79. The van der Waals surface area contributed by atoms with Crippen molar-refractivity contribution in [2.24, 2.45) is 0 Å². The van der Waals surface area contributed by atoms with Gasteiger partial charge < -0.3 is 10.3 Å². The van der Waals surface area contributed by atoms with Crippen LogP contribution in [0.2, 0.25) is 0 Å². The zero-order valence-electron chi connectivity index (χ0n) is 16.8. The standard InChI is InChI=1S/C23H23N5OS/c1-15-7-6-8-16(13-15)28-21(18-14-25-19-10-3-2-9-17(18)19)26-27-23(28)30-20-11-4-5-12-24-22(20)29/h2-3,6-10,13-14,20,25H,4-5,11-12H2,1H3,(H,24,29)/t20-/m0/s1. The number of thioether (sulfide) groups is 1. The van der Waals surface area contributed by atoms with Crippen molar-refractivity contribution in [2.45, 2.75) is 36.6 Å². The molecule has 2 aromatic heterocycles. The summed E-state index contributed by atoms with van der Waals surface area (Å²) in [6, 6.07) is 16.5. The number of carbonyl (C=O) groups is 1. The van der Waals surface area contributed by atoms with Crippen molar-refractivity contribution in [1.82, 2.24) is 25.1 Å². The van der Waals surface area contributed by atoms with Crippen LogP contribution in [-0.4, -0.2) is 37.5 Å². The summed E-state index contributed by atoms with van der Waals surface area (Å²) in [4.78, 5) is 15.9. The van der Waals surface area contributed by atoms with Gasteiger partial charge in [-0.05, 0) is 43.5 Å². The third kappa shape index (κ3) is 3.50. The zero-order valence-corrected chi connectivity index (χ0v) is 17.6. The van der Waals surface area contributed by atoms with Gasteiger partial charge in [0.15, 0.2) is 11.0 Å². The van der Waals surface area contributed by atoms with Gasteiger partial charge in [0, 0.05) is 34.9 Å². The molecule has 30 heavy (non-hydrogen) atoms. The van der Waals surface area contributed by atoms with Crippen LogP contribution < -0.4 is 5.32 Å². The summed E-state index contributed by atoms with van der Waals surface area (Å²) in [5.74, 6) is 0.861. The van der Waals surface area contributed by atoms with E-state index in [1.54, 1.807) is 0 Å². The first kappa shape index (κ1) is 18.9.